The highest BCUT2D eigenvalue weighted by Crippen LogP contribution is 2.40. The van der Waals surface area contributed by atoms with Crippen molar-refractivity contribution in [1.29, 1.82) is 0 Å². The zero-order valence-corrected chi connectivity index (χ0v) is 22.1. The minimum atomic E-state index is -1.38. The van der Waals surface area contributed by atoms with Crippen LogP contribution >= 0.6 is 34.2 Å². The van der Waals surface area contributed by atoms with Crippen LogP contribution in [0.1, 0.15) is 47.4 Å². The average Bonchev–Trinajstić information content (AvgIpc) is 2.90. The van der Waals surface area contributed by atoms with E-state index in [-0.39, 0.29) is 11.8 Å². The number of rotatable bonds is 6. The van der Waals surface area contributed by atoms with Gasteiger partial charge < -0.3 is 14.9 Å². The van der Waals surface area contributed by atoms with Crippen LogP contribution in [0.5, 0.6) is 0 Å². The standard InChI is InChI=1S/C27H24ClIN2O4/c1-16(2)15-30-22-13-12-20(29)14-21(22)25(32)31(24(27(34)35)17-6-4-3-5-7-17)23(26(30)33)18-8-10-19(28)11-9-18/h3-14,16,23-24H,15H2,1-2H3,(H,34,35). The molecule has 0 fully saturated rings. The van der Waals surface area contributed by atoms with Crippen molar-refractivity contribution < 1.29 is 19.5 Å². The molecule has 0 aliphatic carbocycles. The number of carbonyl (C=O) groups excluding carboxylic acids is 2. The summed E-state index contributed by atoms with van der Waals surface area (Å²) in [5.74, 6) is -1.99. The van der Waals surface area contributed by atoms with E-state index < -0.39 is 24.0 Å². The Balaban J connectivity index is 2.02. The maximum Gasteiger partial charge on any atom is 0.331 e. The second-order valence-corrected chi connectivity index (χ2v) is 10.5. The van der Waals surface area contributed by atoms with Crippen LogP contribution in [0.25, 0.3) is 0 Å². The van der Waals surface area contributed by atoms with E-state index in [2.05, 4.69) is 22.6 Å². The van der Waals surface area contributed by atoms with Gasteiger partial charge in [0, 0.05) is 15.1 Å². The van der Waals surface area contributed by atoms with Crippen LogP contribution < -0.4 is 4.90 Å². The van der Waals surface area contributed by atoms with Crippen LogP contribution in [-0.2, 0) is 9.59 Å². The molecular formula is C27H24ClIN2O4. The fourth-order valence-electron chi connectivity index (χ4n) is 4.38. The Morgan fingerprint density at radius 3 is 2.29 bits per heavy atom. The number of anilines is 1. The number of fused-ring (bicyclic) bond motifs is 1. The van der Waals surface area contributed by atoms with Gasteiger partial charge in [-0.3, -0.25) is 9.59 Å². The summed E-state index contributed by atoms with van der Waals surface area (Å²) < 4.78 is 0.808. The summed E-state index contributed by atoms with van der Waals surface area (Å²) in [6.07, 6.45) is 0. The molecule has 0 bridgehead atoms. The molecule has 2 atom stereocenters. The van der Waals surface area contributed by atoms with E-state index in [1.54, 1.807) is 71.6 Å². The minimum absolute atomic E-state index is 0.114. The third kappa shape index (κ3) is 5.06. The first kappa shape index (κ1) is 25.2. The van der Waals surface area contributed by atoms with Crippen LogP contribution in [0.2, 0.25) is 5.02 Å². The molecule has 3 aromatic carbocycles. The first-order chi connectivity index (χ1) is 16.7. The van der Waals surface area contributed by atoms with Gasteiger partial charge in [0.25, 0.3) is 11.8 Å². The van der Waals surface area contributed by atoms with Crippen LogP contribution in [0, 0.1) is 9.49 Å². The summed E-state index contributed by atoms with van der Waals surface area (Å²) in [6, 6.07) is 17.9. The number of halogens is 2. The predicted molar refractivity (Wildman–Crippen MR) is 144 cm³/mol. The molecule has 180 valence electrons. The number of aliphatic carboxylic acids is 1. The topological polar surface area (TPSA) is 77.9 Å². The summed E-state index contributed by atoms with van der Waals surface area (Å²) in [7, 11) is 0. The molecule has 1 aliphatic rings. The number of carbonyl (C=O) groups is 3. The van der Waals surface area contributed by atoms with Gasteiger partial charge in [0.05, 0.1) is 11.3 Å². The molecule has 8 heteroatoms. The van der Waals surface area contributed by atoms with Gasteiger partial charge in [-0.15, -0.1) is 0 Å². The molecule has 1 aliphatic heterocycles. The lowest BCUT2D eigenvalue weighted by Crippen LogP contribution is -2.46. The maximum atomic E-state index is 14.2. The zero-order valence-electron chi connectivity index (χ0n) is 19.2. The lowest BCUT2D eigenvalue weighted by Gasteiger charge is -2.35. The number of hydrogen-bond acceptors (Lipinski definition) is 3. The molecule has 0 saturated carbocycles. The van der Waals surface area contributed by atoms with Crippen LogP contribution in [0.15, 0.2) is 72.8 Å². The highest BCUT2D eigenvalue weighted by Gasteiger charge is 2.46. The Hall–Kier alpha value is -2.91. The van der Waals surface area contributed by atoms with Crippen molar-refractivity contribution in [3.05, 3.63) is 98.1 Å². The monoisotopic (exact) mass is 602 g/mol. The molecule has 2 unspecified atom stereocenters. The van der Waals surface area contributed by atoms with Gasteiger partial charge in [0.1, 0.15) is 6.04 Å². The van der Waals surface area contributed by atoms with E-state index in [0.29, 0.717) is 33.9 Å². The SMILES string of the molecule is CC(C)CN1C(=O)C(c2ccc(Cl)cc2)N(C(C(=O)O)c2ccccc2)C(=O)c2cc(I)ccc21. The maximum absolute atomic E-state index is 14.2. The summed E-state index contributed by atoms with van der Waals surface area (Å²) in [6.45, 7) is 4.36. The Kier molecular flexibility index (Phi) is 7.47. The van der Waals surface area contributed by atoms with Gasteiger partial charge >= 0.3 is 5.97 Å². The molecule has 0 saturated heterocycles. The smallest absolute Gasteiger partial charge is 0.331 e. The predicted octanol–water partition coefficient (Wildman–Crippen LogP) is 5.96. The lowest BCUT2D eigenvalue weighted by atomic mass is 9.97. The summed E-state index contributed by atoms with van der Waals surface area (Å²) in [5.41, 5.74) is 1.67. The van der Waals surface area contributed by atoms with Crippen LogP contribution in [0.3, 0.4) is 0 Å². The Morgan fingerprint density at radius 1 is 1.03 bits per heavy atom. The summed E-state index contributed by atoms with van der Waals surface area (Å²) >= 11 is 8.22. The zero-order chi connectivity index (χ0) is 25.3. The summed E-state index contributed by atoms with van der Waals surface area (Å²) in [5, 5.41) is 10.8. The molecule has 4 rings (SSSR count). The second kappa shape index (κ2) is 10.4. The van der Waals surface area contributed by atoms with Crippen molar-refractivity contribution in [1.82, 2.24) is 4.90 Å². The summed E-state index contributed by atoms with van der Waals surface area (Å²) in [4.78, 5) is 43.9. The minimum Gasteiger partial charge on any atom is -0.479 e. The normalized spacial score (nSPS) is 16.8. The molecule has 1 heterocycles. The highest BCUT2D eigenvalue weighted by atomic mass is 127. The third-order valence-electron chi connectivity index (χ3n) is 5.85. The molecule has 0 aromatic heterocycles. The molecule has 1 N–H and O–H groups in total. The van der Waals surface area contributed by atoms with Crippen molar-refractivity contribution in [3.63, 3.8) is 0 Å². The number of benzene rings is 3. The fraction of sp³-hybridized carbons (Fsp3) is 0.222. The molecular weight excluding hydrogens is 579 g/mol. The Morgan fingerprint density at radius 2 is 1.69 bits per heavy atom. The number of carboxylic acid groups (broad SMARTS) is 1. The molecule has 35 heavy (non-hydrogen) atoms. The Labute approximate surface area is 222 Å². The van der Waals surface area contributed by atoms with E-state index in [9.17, 15) is 19.5 Å². The molecule has 0 radical (unpaired) electrons. The fourth-order valence-corrected chi connectivity index (χ4v) is 5.00. The van der Waals surface area contributed by atoms with Crippen molar-refractivity contribution in [2.24, 2.45) is 5.92 Å². The van der Waals surface area contributed by atoms with Crippen LogP contribution in [-0.4, -0.2) is 34.3 Å². The molecule has 2 amide bonds. The number of hydrogen-bond donors (Lipinski definition) is 1. The van der Waals surface area contributed by atoms with Gasteiger partial charge in [-0.2, -0.15) is 0 Å². The number of nitrogens with zero attached hydrogens (tertiary/aromatic N) is 2. The van der Waals surface area contributed by atoms with Gasteiger partial charge in [-0.1, -0.05) is 67.9 Å². The molecule has 6 nitrogen and oxygen atoms in total. The van der Waals surface area contributed by atoms with E-state index in [1.807, 2.05) is 19.9 Å². The van der Waals surface area contributed by atoms with E-state index in [0.717, 1.165) is 3.57 Å². The second-order valence-electron chi connectivity index (χ2n) is 8.82. The third-order valence-corrected chi connectivity index (χ3v) is 6.78. The van der Waals surface area contributed by atoms with Gasteiger partial charge in [0.2, 0.25) is 0 Å². The molecule has 3 aromatic rings. The van der Waals surface area contributed by atoms with Gasteiger partial charge in [-0.05, 0) is 70.0 Å². The van der Waals surface area contributed by atoms with Crippen molar-refractivity contribution in [2.45, 2.75) is 25.9 Å². The first-order valence-corrected chi connectivity index (χ1v) is 12.6. The van der Waals surface area contributed by atoms with E-state index in [1.165, 1.54) is 4.90 Å². The van der Waals surface area contributed by atoms with Crippen molar-refractivity contribution >= 4 is 57.7 Å². The molecule has 0 spiro atoms. The largest absolute Gasteiger partial charge is 0.479 e. The highest BCUT2D eigenvalue weighted by molar-refractivity contribution is 14.1. The van der Waals surface area contributed by atoms with Crippen molar-refractivity contribution in [2.75, 3.05) is 11.4 Å². The van der Waals surface area contributed by atoms with Gasteiger partial charge in [-0.25, -0.2) is 4.79 Å². The lowest BCUT2D eigenvalue weighted by molar-refractivity contribution is -0.144. The van der Waals surface area contributed by atoms with Crippen molar-refractivity contribution in [3.8, 4) is 0 Å². The Bertz CT molecular complexity index is 1260. The average molecular weight is 603 g/mol. The number of carboxylic acids is 1. The van der Waals surface area contributed by atoms with Crippen LogP contribution in [0.4, 0.5) is 5.69 Å². The van der Waals surface area contributed by atoms with E-state index in [4.69, 9.17) is 11.6 Å². The quantitative estimate of drug-likeness (QED) is 0.354. The number of amides is 2. The van der Waals surface area contributed by atoms with Gasteiger partial charge in [0.15, 0.2) is 6.04 Å². The van der Waals surface area contributed by atoms with E-state index >= 15 is 0 Å². The first-order valence-electron chi connectivity index (χ1n) is 11.2.